The van der Waals surface area contributed by atoms with Crippen molar-refractivity contribution >= 4 is 33.0 Å². The van der Waals surface area contributed by atoms with E-state index in [0.717, 1.165) is 36.0 Å². The van der Waals surface area contributed by atoms with E-state index in [2.05, 4.69) is 22.2 Å². The van der Waals surface area contributed by atoms with Crippen molar-refractivity contribution in [2.75, 3.05) is 25.9 Å². The number of thiophene rings is 1. The van der Waals surface area contributed by atoms with Gasteiger partial charge in [-0.15, -0.1) is 11.3 Å². The van der Waals surface area contributed by atoms with Gasteiger partial charge in [0, 0.05) is 23.8 Å². The lowest BCUT2D eigenvalue weighted by atomic mass is 10.1. The molecule has 1 aliphatic rings. The summed E-state index contributed by atoms with van der Waals surface area (Å²) >= 11 is 1.41. The van der Waals surface area contributed by atoms with Gasteiger partial charge < -0.3 is 16.0 Å². The lowest BCUT2D eigenvalue weighted by Gasteiger charge is -2.29. The van der Waals surface area contributed by atoms with Crippen molar-refractivity contribution in [3.8, 4) is 0 Å². The Kier molecular flexibility index (Phi) is 3.58. The number of aromatic nitrogens is 1. The maximum Gasteiger partial charge on any atom is 0.263 e. The van der Waals surface area contributed by atoms with Gasteiger partial charge >= 0.3 is 0 Å². The van der Waals surface area contributed by atoms with Crippen LogP contribution in [0.2, 0.25) is 0 Å². The highest BCUT2D eigenvalue weighted by atomic mass is 32.1. The van der Waals surface area contributed by atoms with E-state index in [0.29, 0.717) is 10.6 Å². The SMILES string of the molecule is CN1CCC(NC(=O)c2sc3cnccc3c2N)CC1. The Hall–Kier alpha value is -1.66. The van der Waals surface area contributed by atoms with Crippen LogP contribution >= 0.6 is 11.3 Å². The Labute approximate surface area is 121 Å². The number of hydrogen-bond acceptors (Lipinski definition) is 5. The zero-order valence-corrected chi connectivity index (χ0v) is 12.2. The predicted molar refractivity (Wildman–Crippen MR) is 82.0 cm³/mol. The Morgan fingerprint density at radius 3 is 2.95 bits per heavy atom. The number of nitrogen functional groups attached to an aromatic ring is 1. The molecule has 1 fully saturated rings. The second kappa shape index (κ2) is 5.38. The van der Waals surface area contributed by atoms with Gasteiger partial charge in [0.05, 0.1) is 10.4 Å². The molecule has 2 aromatic heterocycles. The van der Waals surface area contributed by atoms with Gasteiger partial charge in [0.15, 0.2) is 0 Å². The Balaban J connectivity index is 1.77. The first-order valence-corrected chi connectivity index (χ1v) is 7.58. The summed E-state index contributed by atoms with van der Waals surface area (Å²) in [5, 5.41) is 4.02. The molecule has 1 saturated heterocycles. The van der Waals surface area contributed by atoms with Crippen LogP contribution in [0, 0.1) is 0 Å². The Morgan fingerprint density at radius 2 is 2.25 bits per heavy atom. The van der Waals surface area contributed by atoms with Crippen molar-refractivity contribution in [2.45, 2.75) is 18.9 Å². The second-order valence-electron chi connectivity index (χ2n) is 5.27. The van der Waals surface area contributed by atoms with Crippen LogP contribution in [-0.2, 0) is 0 Å². The maximum atomic E-state index is 12.4. The van der Waals surface area contributed by atoms with Gasteiger partial charge in [-0.1, -0.05) is 0 Å². The van der Waals surface area contributed by atoms with Crippen molar-refractivity contribution in [3.63, 3.8) is 0 Å². The summed E-state index contributed by atoms with van der Waals surface area (Å²) in [4.78, 5) is 19.3. The number of carbonyl (C=O) groups is 1. The van der Waals surface area contributed by atoms with Crippen LogP contribution in [0.4, 0.5) is 5.69 Å². The molecular weight excluding hydrogens is 272 g/mol. The predicted octanol–water partition coefficient (Wildman–Crippen LogP) is 1.70. The molecule has 3 heterocycles. The molecule has 0 spiro atoms. The van der Waals surface area contributed by atoms with Crippen molar-refractivity contribution < 1.29 is 4.79 Å². The monoisotopic (exact) mass is 290 g/mol. The number of fused-ring (bicyclic) bond motifs is 1. The van der Waals surface area contributed by atoms with E-state index in [1.807, 2.05) is 6.07 Å². The molecule has 5 nitrogen and oxygen atoms in total. The first kappa shape index (κ1) is 13.3. The smallest absolute Gasteiger partial charge is 0.263 e. The zero-order chi connectivity index (χ0) is 14.1. The topological polar surface area (TPSA) is 71.2 Å². The highest BCUT2D eigenvalue weighted by molar-refractivity contribution is 7.21. The third kappa shape index (κ3) is 2.48. The van der Waals surface area contributed by atoms with Gasteiger partial charge in [0.2, 0.25) is 0 Å². The number of pyridine rings is 1. The molecule has 0 radical (unpaired) electrons. The molecular formula is C14H18N4OS. The molecule has 0 aliphatic carbocycles. The summed E-state index contributed by atoms with van der Waals surface area (Å²) in [6.45, 7) is 2.05. The average molecular weight is 290 g/mol. The van der Waals surface area contributed by atoms with Crippen molar-refractivity contribution in [1.82, 2.24) is 15.2 Å². The molecule has 3 rings (SSSR count). The molecule has 0 aromatic carbocycles. The number of carbonyl (C=O) groups excluding carboxylic acids is 1. The summed E-state index contributed by atoms with van der Waals surface area (Å²) in [6.07, 6.45) is 5.44. The number of nitrogens with two attached hydrogens (primary N) is 1. The number of rotatable bonds is 2. The molecule has 1 aliphatic heterocycles. The van der Waals surface area contributed by atoms with Gasteiger partial charge in [0.25, 0.3) is 5.91 Å². The van der Waals surface area contributed by atoms with E-state index in [1.165, 1.54) is 11.3 Å². The molecule has 0 bridgehead atoms. The molecule has 1 amide bonds. The number of nitrogens with zero attached hydrogens (tertiary/aromatic N) is 2. The average Bonchev–Trinajstić information content (AvgIpc) is 2.79. The quantitative estimate of drug-likeness (QED) is 0.883. The number of likely N-dealkylation sites (tertiary alicyclic amines) is 1. The van der Waals surface area contributed by atoms with E-state index < -0.39 is 0 Å². The molecule has 0 saturated carbocycles. The highest BCUT2D eigenvalue weighted by Crippen LogP contribution is 2.32. The summed E-state index contributed by atoms with van der Waals surface area (Å²) in [6, 6.07) is 2.11. The van der Waals surface area contributed by atoms with Gasteiger partial charge in [0.1, 0.15) is 4.88 Å². The van der Waals surface area contributed by atoms with Gasteiger partial charge in [-0.05, 0) is 39.0 Å². The summed E-state index contributed by atoms with van der Waals surface area (Å²) < 4.78 is 0.957. The largest absolute Gasteiger partial charge is 0.397 e. The molecule has 2 aromatic rings. The minimum Gasteiger partial charge on any atom is -0.397 e. The number of amides is 1. The molecule has 0 unspecified atom stereocenters. The van der Waals surface area contributed by atoms with Crippen LogP contribution in [0.25, 0.3) is 10.1 Å². The number of piperidine rings is 1. The van der Waals surface area contributed by atoms with Gasteiger partial charge in [-0.25, -0.2) is 0 Å². The summed E-state index contributed by atoms with van der Waals surface area (Å²) in [5.41, 5.74) is 6.65. The second-order valence-corrected chi connectivity index (χ2v) is 6.32. The Morgan fingerprint density at radius 1 is 1.50 bits per heavy atom. The van der Waals surface area contributed by atoms with Crippen LogP contribution < -0.4 is 11.1 Å². The lowest BCUT2D eigenvalue weighted by molar-refractivity contribution is 0.0922. The van der Waals surface area contributed by atoms with Crippen LogP contribution in [0.15, 0.2) is 18.5 Å². The zero-order valence-electron chi connectivity index (χ0n) is 11.4. The summed E-state index contributed by atoms with van der Waals surface area (Å²) in [7, 11) is 2.11. The van der Waals surface area contributed by atoms with Crippen molar-refractivity contribution in [1.29, 1.82) is 0 Å². The normalized spacial score (nSPS) is 17.4. The molecule has 20 heavy (non-hydrogen) atoms. The third-order valence-corrected chi connectivity index (χ3v) is 4.95. The molecule has 106 valence electrons. The maximum absolute atomic E-state index is 12.4. The van der Waals surface area contributed by atoms with Crippen LogP contribution in [0.5, 0.6) is 0 Å². The molecule has 0 atom stereocenters. The van der Waals surface area contributed by atoms with Crippen molar-refractivity contribution in [2.24, 2.45) is 0 Å². The number of anilines is 1. The van der Waals surface area contributed by atoms with E-state index >= 15 is 0 Å². The van der Waals surface area contributed by atoms with E-state index in [1.54, 1.807) is 12.4 Å². The number of hydrogen-bond donors (Lipinski definition) is 2. The minimum atomic E-state index is -0.0572. The van der Waals surface area contributed by atoms with Gasteiger partial charge in [-0.3, -0.25) is 9.78 Å². The molecule has 3 N–H and O–H groups in total. The summed E-state index contributed by atoms with van der Waals surface area (Å²) in [5.74, 6) is -0.0572. The standard InChI is InChI=1S/C14H18N4OS/c1-18-6-3-9(4-7-18)17-14(19)13-12(15)10-2-5-16-8-11(10)20-13/h2,5,8-9H,3-4,6-7,15H2,1H3,(H,17,19). The first-order valence-electron chi connectivity index (χ1n) is 6.76. The first-order chi connectivity index (χ1) is 9.65. The van der Waals surface area contributed by atoms with E-state index in [-0.39, 0.29) is 11.9 Å². The highest BCUT2D eigenvalue weighted by Gasteiger charge is 2.22. The fourth-order valence-electron chi connectivity index (χ4n) is 2.54. The Bertz CT molecular complexity index is 631. The minimum absolute atomic E-state index is 0.0572. The third-order valence-electron chi connectivity index (χ3n) is 3.79. The van der Waals surface area contributed by atoms with Crippen LogP contribution in [0.3, 0.4) is 0 Å². The fourth-order valence-corrected chi connectivity index (χ4v) is 3.54. The van der Waals surface area contributed by atoms with Crippen LogP contribution in [0.1, 0.15) is 22.5 Å². The van der Waals surface area contributed by atoms with Crippen LogP contribution in [-0.4, -0.2) is 42.0 Å². The van der Waals surface area contributed by atoms with E-state index in [4.69, 9.17) is 5.73 Å². The lowest BCUT2D eigenvalue weighted by Crippen LogP contribution is -2.43. The fraction of sp³-hybridized carbons (Fsp3) is 0.429. The van der Waals surface area contributed by atoms with Crippen molar-refractivity contribution in [3.05, 3.63) is 23.3 Å². The molecule has 6 heteroatoms. The van der Waals surface area contributed by atoms with Gasteiger partial charge in [-0.2, -0.15) is 0 Å². The number of nitrogens with one attached hydrogen (secondary N) is 1. The van der Waals surface area contributed by atoms with E-state index in [9.17, 15) is 4.79 Å².